The van der Waals surface area contributed by atoms with E-state index < -0.39 is 29.9 Å². The molecule has 0 bridgehead atoms. The highest BCUT2D eigenvalue weighted by atomic mass is 19.3. The molecule has 2 rings (SSSR count). The lowest BCUT2D eigenvalue weighted by molar-refractivity contribution is -0.125. The number of urea groups is 1. The van der Waals surface area contributed by atoms with E-state index in [1.165, 1.54) is 0 Å². The minimum absolute atomic E-state index is 0.0931. The second kappa shape index (κ2) is 10.5. The number of amides is 4. The Morgan fingerprint density at radius 1 is 1.23 bits per heavy atom. The predicted octanol–water partition coefficient (Wildman–Crippen LogP) is 1.81. The molecule has 0 radical (unpaired) electrons. The maximum atomic E-state index is 13.3. The number of hydrogen-bond donors (Lipinski definition) is 4. The molecule has 4 N–H and O–H groups in total. The Morgan fingerprint density at radius 2 is 1.90 bits per heavy atom. The first-order valence-corrected chi connectivity index (χ1v) is 10.5. The maximum absolute atomic E-state index is 13.3. The van der Waals surface area contributed by atoms with Gasteiger partial charge in [0.05, 0.1) is 6.07 Å². The average Bonchev–Trinajstić information content (AvgIpc) is 3.06. The Labute approximate surface area is 175 Å². The van der Waals surface area contributed by atoms with Crippen molar-refractivity contribution in [3.63, 3.8) is 0 Å². The lowest BCUT2D eigenvalue weighted by Gasteiger charge is -2.29. The van der Waals surface area contributed by atoms with E-state index in [2.05, 4.69) is 21.3 Å². The number of rotatable bonds is 8. The third-order valence-corrected chi connectivity index (χ3v) is 5.54. The Kier molecular flexibility index (Phi) is 8.38. The van der Waals surface area contributed by atoms with Crippen LogP contribution in [0.4, 0.5) is 13.6 Å². The number of carbonyl (C=O) groups is 3. The van der Waals surface area contributed by atoms with Gasteiger partial charge in [0.25, 0.3) is 0 Å². The third kappa shape index (κ3) is 7.43. The van der Waals surface area contributed by atoms with Crippen LogP contribution >= 0.6 is 0 Å². The standard InChI is InChI=1S/C20H31F2N5O3/c1-12(2)9-16(27-19(30)26-14-3-6-20(21,22)7-4-14)18(29)25-15(11-23)10-13-5-8-24-17(13)28/h12-16H,3-10H2,1-2H3,(H,24,28)(H,25,29)(H2,26,27,30)/t13-,15-,16-/m0/s1. The van der Waals surface area contributed by atoms with Gasteiger partial charge in [0, 0.05) is 31.3 Å². The van der Waals surface area contributed by atoms with Crippen LogP contribution in [0.3, 0.4) is 0 Å². The Hall–Kier alpha value is -2.44. The van der Waals surface area contributed by atoms with Crippen LogP contribution in [0.1, 0.15) is 58.8 Å². The van der Waals surface area contributed by atoms with Gasteiger partial charge in [-0.05, 0) is 38.0 Å². The highest BCUT2D eigenvalue weighted by Gasteiger charge is 2.36. The SMILES string of the molecule is CC(C)C[C@H](NC(=O)NC1CCC(F)(F)CC1)C(=O)N[C@H](C#N)C[C@@H]1CCNC1=O. The summed E-state index contributed by atoms with van der Waals surface area (Å²) >= 11 is 0. The number of nitrogens with zero attached hydrogens (tertiary/aromatic N) is 1. The molecule has 2 fully saturated rings. The van der Waals surface area contributed by atoms with Gasteiger partial charge in [0.2, 0.25) is 17.7 Å². The molecule has 2 aliphatic rings. The predicted molar refractivity (Wildman–Crippen MR) is 105 cm³/mol. The molecule has 0 unspecified atom stereocenters. The zero-order valence-corrected chi connectivity index (χ0v) is 17.5. The number of hydrogen-bond acceptors (Lipinski definition) is 4. The normalized spacial score (nSPS) is 23.2. The molecular weight excluding hydrogens is 396 g/mol. The second-order valence-corrected chi connectivity index (χ2v) is 8.63. The zero-order valence-electron chi connectivity index (χ0n) is 17.5. The molecule has 1 aliphatic heterocycles. The van der Waals surface area contributed by atoms with Crippen molar-refractivity contribution in [3.8, 4) is 6.07 Å². The second-order valence-electron chi connectivity index (χ2n) is 8.63. The molecule has 1 heterocycles. The largest absolute Gasteiger partial charge is 0.356 e. The van der Waals surface area contributed by atoms with Gasteiger partial charge < -0.3 is 21.3 Å². The van der Waals surface area contributed by atoms with Crippen LogP contribution in [0, 0.1) is 23.2 Å². The molecule has 1 aliphatic carbocycles. The smallest absolute Gasteiger partial charge is 0.315 e. The van der Waals surface area contributed by atoms with Gasteiger partial charge in [-0.1, -0.05) is 13.8 Å². The molecule has 4 amide bonds. The minimum Gasteiger partial charge on any atom is -0.356 e. The summed E-state index contributed by atoms with van der Waals surface area (Å²) in [6.07, 6.45) is 1.00. The Balaban J connectivity index is 1.89. The van der Waals surface area contributed by atoms with E-state index in [0.29, 0.717) is 19.4 Å². The van der Waals surface area contributed by atoms with Crippen molar-refractivity contribution >= 4 is 17.8 Å². The molecule has 8 nitrogen and oxygen atoms in total. The molecule has 168 valence electrons. The van der Waals surface area contributed by atoms with Gasteiger partial charge >= 0.3 is 6.03 Å². The summed E-state index contributed by atoms with van der Waals surface area (Å²) in [7, 11) is 0. The number of nitrogens with one attached hydrogen (secondary N) is 4. The van der Waals surface area contributed by atoms with Crippen LogP contribution in [-0.2, 0) is 9.59 Å². The fraction of sp³-hybridized carbons (Fsp3) is 0.800. The van der Waals surface area contributed by atoms with E-state index in [1.54, 1.807) is 0 Å². The molecule has 10 heteroatoms. The number of carbonyl (C=O) groups excluding carboxylic acids is 3. The molecule has 0 aromatic rings. The van der Waals surface area contributed by atoms with Gasteiger partial charge in [-0.2, -0.15) is 5.26 Å². The topological polar surface area (TPSA) is 123 Å². The summed E-state index contributed by atoms with van der Waals surface area (Å²) in [6, 6.07) is -0.658. The molecular formula is C20H31F2N5O3. The van der Waals surface area contributed by atoms with Crippen LogP contribution < -0.4 is 21.3 Å². The monoisotopic (exact) mass is 427 g/mol. The number of halogens is 2. The van der Waals surface area contributed by atoms with Crippen LogP contribution in [0.25, 0.3) is 0 Å². The van der Waals surface area contributed by atoms with Gasteiger partial charge in [0.1, 0.15) is 12.1 Å². The van der Waals surface area contributed by atoms with E-state index in [9.17, 15) is 28.4 Å². The van der Waals surface area contributed by atoms with Crippen molar-refractivity contribution in [2.75, 3.05) is 6.54 Å². The lowest BCUT2D eigenvalue weighted by Crippen LogP contribution is -2.54. The summed E-state index contributed by atoms with van der Waals surface area (Å²) < 4.78 is 26.5. The average molecular weight is 427 g/mol. The van der Waals surface area contributed by atoms with Crippen molar-refractivity contribution < 1.29 is 23.2 Å². The molecule has 0 spiro atoms. The van der Waals surface area contributed by atoms with Crippen molar-refractivity contribution in [1.82, 2.24) is 21.3 Å². The lowest BCUT2D eigenvalue weighted by atomic mass is 9.92. The molecule has 1 saturated heterocycles. The Bertz CT molecular complexity index is 670. The van der Waals surface area contributed by atoms with E-state index in [1.807, 2.05) is 19.9 Å². The fourth-order valence-electron chi connectivity index (χ4n) is 3.84. The van der Waals surface area contributed by atoms with Gasteiger partial charge in [-0.3, -0.25) is 9.59 Å². The first-order chi connectivity index (χ1) is 14.1. The highest BCUT2D eigenvalue weighted by molar-refractivity contribution is 5.87. The molecule has 0 aromatic heterocycles. The van der Waals surface area contributed by atoms with E-state index in [-0.39, 0.29) is 55.9 Å². The summed E-state index contributed by atoms with van der Waals surface area (Å²) in [5, 5.41) is 20.0. The van der Waals surface area contributed by atoms with Crippen LogP contribution in [0.2, 0.25) is 0 Å². The van der Waals surface area contributed by atoms with Crippen LogP contribution in [0.5, 0.6) is 0 Å². The first-order valence-electron chi connectivity index (χ1n) is 10.5. The van der Waals surface area contributed by atoms with E-state index in [4.69, 9.17) is 0 Å². The summed E-state index contributed by atoms with van der Waals surface area (Å²) in [4.78, 5) is 36.8. The summed E-state index contributed by atoms with van der Waals surface area (Å²) in [6.45, 7) is 4.35. The van der Waals surface area contributed by atoms with Crippen LogP contribution in [-0.4, -0.2) is 48.4 Å². The Morgan fingerprint density at radius 3 is 2.43 bits per heavy atom. The molecule has 0 aromatic carbocycles. The molecule has 1 saturated carbocycles. The van der Waals surface area contributed by atoms with Gasteiger partial charge in [-0.25, -0.2) is 13.6 Å². The van der Waals surface area contributed by atoms with Crippen molar-refractivity contribution in [2.24, 2.45) is 11.8 Å². The maximum Gasteiger partial charge on any atom is 0.315 e. The molecule has 3 atom stereocenters. The summed E-state index contributed by atoms with van der Waals surface area (Å²) in [5.74, 6) is -3.54. The van der Waals surface area contributed by atoms with Crippen molar-refractivity contribution in [1.29, 1.82) is 5.26 Å². The summed E-state index contributed by atoms with van der Waals surface area (Å²) in [5.41, 5.74) is 0. The van der Waals surface area contributed by atoms with E-state index in [0.717, 1.165) is 0 Å². The molecule has 30 heavy (non-hydrogen) atoms. The van der Waals surface area contributed by atoms with E-state index >= 15 is 0 Å². The minimum atomic E-state index is -2.68. The first kappa shape index (κ1) is 23.8. The highest BCUT2D eigenvalue weighted by Crippen LogP contribution is 2.32. The van der Waals surface area contributed by atoms with Gasteiger partial charge in [-0.15, -0.1) is 0 Å². The number of alkyl halides is 2. The third-order valence-electron chi connectivity index (χ3n) is 5.54. The zero-order chi connectivity index (χ0) is 22.3. The van der Waals surface area contributed by atoms with Crippen LogP contribution in [0.15, 0.2) is 0 Å². The fourth-order valence-corrected chi connectivity index (χ4v) is 3.84. The quantitative estimate of drug-likeness (QED) is 0.472. The van der Waals surface area contributed by atoms with Crippen molar-refractivity contribution in [2.45, 2.75) is 82.8 Å². The van der Waals surface area contributed by atoms with Gasteiger partial charge in [0.15, 0.2) is 0 Å². The van der Waals surface area contributed by atoms with Crippen molar-refractivity contribution in [3.05, 3.63) is 0 Å². The number of nitriles is 1.